The summed E-state index contributed by atoms with van der Waals surface area (Å²) < 4.78 is 8.56. The van der Waals surface area contributed by atoms with Crippen molar-refractivity contribution in [2.45, 2.75) is 57.3 Å². The Morgan fingerprint density at radius 1 is 0.927 bits per heavy atom. The molecule has 0 unspecified atom stereocenters. The van der Waals surface area contributed by atoms with Crippen LogP contribution < -0.4 is 14.8 Å². The fourth-order valence-corrected chi connectivity index (χ4v) is 5.08. The second kappa shape index (κ2) is 16.1. The number of rotatable bonds is 14. The maximum atomic E-state index is 13.2. The lowest BCUT2D eigenvalue weighted by Crippen LogP contribution is -2.21. The minimum absolute atomic E-state index is 0.000374. The monoisotopic (exact) mass is 611 g/mol. The topological polar surface area (TPSA) is 108 Å². The third-order valence-corrected chi connectivity index (χ3v) is 7.37. The number of halogens is 2. The van der Waals surface area contributed by atoms with Gasteiger partial charge in [-0.2, -0.15) is 5.26 Å². The van der Waals surface area contributed by atoms with Crippen LogP contribution in [0, 0.1) is 18.3 Å². The molecule has 0 aliphatic carbocycles. The quantitative estimate of drug-likeness (QED) is 0.109. The van der Waals surface area contributed by atoms with E-state index in [0.717, 1.165) is 29.7 Å². The lowest BCUT2D eigenvalue weighted by atomic mass is 10.0. The van der Waals surface area contributed by atoms with Gasteiger partial charge in [-0.15, -0.1) is 0 Å². The molecule has 0 aliphatic heterocycles. The summed E-state index contributed by atoms with van der Waals surface area (Å²) in [5, 5.41) is 12.6. The molecule has 2 amide bonds. The van der Waals surface area contributed by atoms with Gasteiger partial charge in [-0.3, -0.25) is 19.1 Å². The highest BCUT2D eigenvalue weighted by Crippen LogP contribution is 2.28. The van der Waals surface area contributed by atoms with Gasteiger partial charge in [0.2, 0.25) is 5.91 Å². The van der Waals surface area contributed by atoms with Crippen molar-refractivity contribution in [2.75, 3.05) is 11.9 Å². The molecule has 0 spiro atoms. The molecule has 2 N–H and O–H groups in total. The van der Waals surface area contributed by atoms with Crippen molar-refractivity contribution in [3.8, 4) is 11.8 Å². The number of carbonyl (C=O) groups is 3. The van der Waals surface area contributed by atoms with Gasteiger partial charge in [0.1, 0.15) is 5.75 Å². The van der Waals surface area contributed by atoms with Crippen molar-refractivity contribution >= 4 is 58.4 Å². The molecule has 0 saturated heterocycles. The summed E-state index contributed by atoms with van der Waals surface area (Å²) >= 11 is 13.4. The van der Waals surface area contributed by atoms with Gasteiger partial charge >= 0.3 is 0 Å². The summed E-state index contributed by atoms with van der Waals surface area (Å²) in [6, 6.07) is 16.3. The number of hydrogen-bond acceptors (Lipinski definition) is 6. The zero-order valence-corrected chi connectivity index (χ0v) is 25.2. The Morgan fingerprint density at radius 2 is 1.71 bits per heavy atom. The molecule has 7 nitrogen and oxygen atoms in total. The fourth-order valence-electron chi connectivity index (χ4n) is 3.97. The SMILES string of the molecule is CCCCCCCC(=O)NSc1ccc(NC(=O)COc2ccc(Cl)cc2C(=O)c2cc(Cl)cc(C#N)c2)c(C)c1. The molecule has 0 radical (unpaired) electrons. The van der Waals surface area contributed by atoms with Crippen molar-refractivity contribution in [1.29, 1.82) is 5.26 Å². The van der Waals surface area contributed by atoms with Crippen molar-refractivity contribution < 1.29 is 19.1 Å². The molecular formula is C31H31Cl2N3O4S. The number of aryl methyl sites for hydroxylation is 1. The van der Waals surface area contributed by atoms with Crippen LogP contribution in [0.3, 0.4) is 0 Å². The van der Waals surface area contributed by atoms with Gasteiger partial charge in [0, 0.05) is 32.6 Å². The Balaban J connectivity index is 1.57. The molecule has 0 heterocycles. The third kappa shape index (κ3) is 10.1. The summed E-state index contributed by atoms with van der Waals surface area (Å²) in [4.78, 5) is 38.8. The number of amides is 2. The molecule has 3 aromatic carbocycles. The van der Waals surface area contributed by atoms with Gasteiger partial charge in [0.25, 0.3) is 5.91 Å². The zero-order valence-electron chi connectivity index (χ0n) is 22.9. The second-order valence-electron chi connectivity index (χ2n) is 9.42. The lowest BCUT2D eigenvalue weighted by Gasteiger charge is -2.13. The van der Waals surface area contributed by atoms with Crippen LogP contribution in [0.25, 0.3) is 0 Å². The number of carbonyl (C=O) groups excluding carboxylic acids is 3. The number of benzene rings is 3. The molecule has 0 fully saturated rings. The highest BCUT2D eigenvalue weighted by atomic mass is 35.5. The van der Waals surface area contributed by atoms with E-state index in [1.165, 1.54) is 55.1 Å². The number of nitrogens with zero attached hydrogens (tertiary/aromatic N) is 1. The van der Waals surface area contributed by atoms with Gasteiger partial charge in [-0.25, -0.2) is 0 Å². The minimum atomic E-state index is -0.450. The highest BCUT2D eigenvalue weighted by Gasteiger charge is 2.18. The zero-order chi connectivity index (χ0) is 29.8. The Kier molecular flexibility index (Phi) is 12.5. The Hall–Kier alpha value is -3.51. The van der Waals surface area contributed by atoms with E-state index in [0.29, 0.717) is 17.1 Å². The van der Waals surface area contributed by atoms with Crippen LogP contribution in [-0.4, -0.2) is 24.2 Å². The van der Waals surface area contributed by atoms with Gasteiger partial charge in [0.15, 0.2) is 12.4 Å². The first-order valence-electron chi connectivity index (χ1n) is 13.2. The van der Waals surface area contributed by atoms with Gasteiger partial charge < -0.3 is 10.1 Å². The minimum Gasteiger partial charge on any atom is -0.483 e. The van der Waals surface area contributed by atoms with Crippen molar-refractivity contribution in [2.24, 2.45) is 0 Å². The van der Waals surface area contributed by atoms with Crippen molar-refractivity contribution in [3.05, 3.63) is 86.9 Å². The van der Waals surface area contributed by atoms with Crippen LogP contribution in [0.15, 0.2) is 59.5 Å². The van der Waals surface area contributed by atoms with Gasteiger partial charge in [-0.1, -0.05) is 55.8 Å². The number of hydrogen-bond donors (Lipinski definition) is 2. The van der Waals surface area contributed by atoms with Crippen LogP contribution in [0.5, 0.6) is 5.75 Å². The molecular weight excluding hydrogens is 581 g/mol. The smallest absolute Gasteiger partial charge is 0.262 e. The van der Waals surface area contributed by atoms with Crippen molar-refractivity contribution in [3.63, 3.8) is 0 Å². The number of ether oxygens (including phenoxy) is 1. The Morgan fingerprint density at radius 3 is 2.44 bits per heavy atom. The standard InChI is InChI=1S/C31H31Cl2N3O4S/c1-3-4-5-6-7-8-29(37)36-41-25-10-11-27(20(2)13-25)35-30(38)19-40-28-12-9-23(32)17-26(28)31(39)22-14-21(18-34)15-24(33)16-22/h9-17H,3-8,19H2,1-2H3,(H,35,38)(H,36,37). The first-order valence-corrected chi connectivity index (χ1v) is 14.8. The van der Waals surface area contributed by atoms with E-state index < -0.39 is 11.7 Å². The summed E-state index contributed by atoms with van der Waals surface area (Å²) in [7, 11) is 0. The average molecular weight is 613 g/mol. The summed E-state index contributed by atoms with van der Waals surface area (Å²) in [6.07, 6.45) is 5.97. The van der Waals surface area contributed by atoms with Crippen LogP contribution >= 0.6 is 35.1 Å². The molecule has 214 valence electrons. The van der Waals surface area contributed by atoms with E-state index in [4.69, 9.17) is 27.9 Å². The summed E-state index contributed by atoms with van der Waals surface area (Å²) in [6.45, 7) is 3.66. The largest absolute Gasteiger partial charge is 0.483 e. The maximum absolute atomic E-state index is 13.2. The molecule has 0 atom stereocenters. The first-order chi connectivity index (χ1) is 19.7. The molecule has 0 aliphatic rings. The fraction of sp³-hybridized carbons (Fsp3) is 0.290. The van der Waals surface area contributed by atoms with Crippen LogP contribution in [0.2, 0.25) is 10.0 Å². The highest BCUT2D eigenvalue weighted by molar-refractivity contribution is 7.98. The van der Waals surface area contributed by atoms with E-state index in [2.05, 4.69) is 17.0 Å². The maximum Gasteiger partial charge on any atom is 0.262 e. The average Bonchev–Trinajstić information content (AvgIpc) is 2.95. The lowest BCUT2D eigenvalue weighted by molar-refractivity contribution is -0.119. The van der Waals surface area contributed by atoms with Crippen LogP contribution in [0.1, 0.15) is 72.5 Å². The van der Waals surface area contributed by atoms with E-state index in [1.807, 2.05) is 25.1 Å². The summed E-state index contributed by atoms with van der Waals surface area (Å²) in [5.74, 6) is -0.709. The Labute approximate surface area is 254 Å². The predicted octanol–water partition coefficient (Wildman–Crippen LogP) is 7.91. The number of nitriles is 1. The first kappa shape index (κ1) is 32.0. The molecule has 3 rings (SSSR count). The van der Waals surface area contributed by atoms with Crippen LogP contribution in [-0.2, 0) is 9.59 Å². The molecule has 41 heavy (non-hydrogen) atoms. The molecule has 0 aromatic heterocycles. The van der Waals surface area contributed by atoms with E-state index in [-0.39, 0.29) is 40.0 Å². The van der Waals surface area contributed by atoms with Gasteiger partial charge in [-0.05, 0) is 85.5 Å². The van der Waals surface area contributed by atoms with E-state index in [9.17, 15) is 19.6 Å². The van der Waals surface area contributed by atoms with Crippen LogP contribution in [0.4, 0.5) is 5.69 Å². The number of nitrogens with one attached hydrogen (secondary N) is 2. The van der Waals surface area contributed by atoms with E-state index in [1.54, 1.807) is 12.1 Å². The number of unbranched alkanes of at least 4 members (excludes halogenated alkanes) is 4. The Bertz CT molecular complexity index is 1460. The third-order valence-electron chi connectivity index (χ3n) is 6.10. The second-order valence-corrected chi connectivity index (χ2v) is 11.2. The molecule has 3 aromatic rings. The van der Waals surface area contributed by atoms with Crippen molar-refractivity contribution in [1.82, 2.24) is 4.72 Å². The summed E-state index contributed by atoms with van der Waals surface area (Å²) in [5.41, 5.74) is 1.98. The van der Waals surface area contributed by atoms with Gasteiger partial charge in [0.05, 0.1) is 17.2 Å². The molecule has 0 saturated carbocycles. The number of ketones is 1. The molecule has 10 heteroatoms. The molecule has 0 bridgehead atoms. The van der Waals surface area contributed by atoms with E-state index >= 15 is 0 Å². The normalized spacial score (nSPS) is 10.5. The predicted molar refractivity (Wildman–Crippen MR) is 164 cm³/mol. The number of anilines is 1.